The maximum atomic E-state index is 12.5. The van der Waals surface area contributed by atoms with Crippen LogP contribution in [0.2, 0.25) is 0 Å². The fourth-order valence-electron chi connectivity index (χ4n) is 4.72. The summed E-state index contributed by atoms with van der Waals surface area (Å²) in [5.74, 6) is -0.0117. The summed E-state index contributed by atoms with van der Waals surface area (Å²) in [5.41, 5.74) is 8.94. The van der Waals surface area contributed by atoms with Crippen LogP contribution in [0.25, 0.3) is 0 Å². The monoisotopic (exact) mass is 342 g/mol. The lowest BCUT2D eigenvalue weighted by molar-refractivity contribution is -0.152. The summed E-state index contributed by atoms with van der Waals surface area (Å²) in [6.07, 6.45) is 3.03. The Labute approximate surface area is 151 Å². The largest absolute Gasteiger partial charge is 0.466 e. The van der Waals surface area contributed by atoms with Gasteiger partial charge in [0.1, 0.15) is 0 Å². The predicted octanol–water partition coefficient (Wildman–Crippen LogP) is 2.98. The van der Waals surface area contributed by atoms with Gasteiger partial charge in [-0.3, -0.25) is 9.69 Å². The molecule has 0 spiro atoms. The normalized spacial score (nSPS) is 32.6. The van der Waals surface area contributed by atoms with Gasteiger partial charge in [0.05, 0.1) is 12.5 Å². The van der Waals surface area contributed by atoms with Crippen LogP contribution in [0.5, 0.6) is 0 Å². The SMILES string of the molecule is CCOC(=O)C1C=C(C)[C@@H](N)[C@@]2(C)CN(Cc3ccccc3)CC[C@@H]12. The van der Waals surface area contributed by atoms with Crippen LogP contribution in [0.1, 0.15) is 32.8 Å². The zero-order chi connectivity index (χ0) is 18.0. The molecule has 4 nitrogen and oxygen atoms in total. The second-order valence-corrected chi connectivity index (χ2v) is 7.76. The second-order valence-electron chi connectivity index (χ2n) is 7.76. The number of hydrogen-bond donors (Lipinski definition) is 1. The first-order chi connectivity index (χ1) is 12.0. The highest BCUT2D eigenvalue weighted by atomic mass is 16.5. The summed E-state index contributed by atoms with van der Waals surface area (Å²) >= 11 is 0. The van der Waals surface area contributed by atoms with Crippen molar-refractivity contribution in [2.24, 2.45) is 23.0 Å². The number of piperidine rings is 1. The lowest BCUT2D eigenvalue weighted by Crippen LogP contribution is -2.60. The van der Waals surface area contributed by atoms with Crippen LogP contribution in [0.4, 0.5) is 0 Å². The molecule has 1 heterocycles. The van der Waals surface area contributed by atoms with Crippen molar-refractivity contribution < 1.29 is 9.53 Å². The maximum Gasteiger partial charge on any atom is 0.313 e. The van der Waals surface area contributed by atoms with Crippen molar-refractivity contribution in [3.63, 3.8) is 0 Å². The molecule has 1 aliphatic carbocycles. The van der Waals surface area contributed by atoms with E-state index < -0.39 is 0 Å². The smallest absolute Gasteiger partial charge is 0.313 e. The number of nitrogens with zero attached hydrogens (tertiary/aromatic N) is 1. The molecule has 4 heteroatoms. The molecule has 1 unspecified atom stereocenters. The summed E-state index contributed by atoms with van der Waals surface area (Å²) < 4.78 is 5.34. The summed E-state index contributed by atoms with van der Waals surface area (Å²) in [6, 6.07) is 10.5. The number of esters is 1. The Bertz CT molecular complexity index is 643. The van der Waals surface area contributed by atoms with Crippen LogP contribution in [-0.2, 0) is 16.1 Å². The Morgan fingerprint density at radius 1 is 1.36 bits per heavy atom. The van der Waals surface area contributed by atoms with E-state index in [1.165, 1.54) is 5.56 Å². The van der Waals surface area contributed by atoms with Gasteiger partial charge >= 0.3 is 5.97 Å². The fourth-order valence-corrected chi connectivity index (χ4v) is 4.72. The number of ether oxygens (including phenoxy) is 1. The third-order valence-corrected chi connectivity index (χ3v) is 6.05. The average molecular weight is 342 g/mol. The maximum absolute atomic E-state index is 12.5. The van der Waals surface area contributed by atoms with Crippen molar-refractivity contribution in [1.29, 1.82) is 0 Å². The lowest BCUT2D eigenvalue weighted by Gasteiger charge is -2.53. The molecule has 1 aromatic rings. The Balaban J connectivity index is 1.81. The highest BCUT2D eigenvalue weighted by Crippen LogP contribution is 2.48. The molecule has 1 fully saturated rings. The molecule has 136 valence electrons. The third-order valence-electron chi connectivity index (χ3n) is 6.05. The highest BCUT2D eigenvalue weighted by molar-refractivity contribution is 5.75. The summed E-state index contributed by atoms with van der Waals surface area (Å²) in [6.45, 7) is 9.43. The van der Waals surface area contributed by atoms with Gasteiger partial charge in [-0.1, -0.05) is 48.9 Å². The number of fused-ring (bicyclic) bond motifs is 1. The molecule has 1 aromatic carbocycles. The van der Waals surface area contributed by atoms with Crippen molar-refractivity contribution in [1.82, 2.24) is 4.90 Å². The Hall–Kier alpha value is -1.65. The molecular formula is C21H30N2O2. The molecule has 0 aromatic heterocycles. The summed E-state index contributed by atoms with van der Waals surface area (Å²) in [5, 5.41) is 0. The number of carbonyl (C=O) groups is 1. The van der Waals surface area contributed by atoms with Gasteiger partial charge in [-0.25, -0.2) is 0 Å². The molecule has 2 aliphatic rings. The number of hydrogen-bond acceptors (Lipinski definition) is 4. The molecule has 1 aliphatic heterocycles. The third kappa shape index (κ3) is 3.51. The van der Waals surface area contributed by atoms with Gasteiger partial charge in [-0.05, 0) is 38.3 Å². The Morgan fingerprint density at radius 3 is 2.76 bits per heavy atom. The lowest BCUT2D eigenvalue weighted by atomic mass is 9.58. The van der Waals surface area contributed by atoms with E-state index in [4.69, 9.17) is 10.5 Å². The summed E-state index contributed by atoms with van der Waals surface area (Å²) in [7, 11) is 0. The quantitative estimate of drug-likeness (QED) is 0.675. The zero-order valence-corrected chi connectivity index (χ0v) is 15.6. The van der Waals surface area contributed by atoms with E-state index >= 15 is 0 Å². The van der Waals surface area contributed by atoms with Gasteiger partial charge in [-0.2, -0.15) is 0 Å². The molecule has 0 radical (unpaired) electrons. The first kappa shape index (κ1) is 18.2. The molecule has 3 rings (SSSR count). The van der Waals surface area contributed by atoms with Gasteiger partial charge in [0.15, 0.2) is 0 Å². The van der Waals surface area contributed by atoms with Crippen molar-refractivity contribution in [3.8, 4) is 0 Å². The van der Waals surface area contributed by atoms with Crippen molar-refractivity contribution in [2.75, 3.05) is 19.7 Å². The van der Waals surface area contributed by atoms with Gasteiger partial charge in [0, 0.05) is 24.5 Å². The molecular weight excluding hydrogens is 312 g/mol. The van der Waals surface area contributed by atoms with E-state index in [1.807, 2.05) is 13.0 Å². The molecule has 4 atom stereocenters. The van der Waals surface area contributed by atoms with Gasteiger partial charge < -0.3 is 10.5 Å². The number of rotatable bonds is 4. The summed E-state index contributed by atoms with van der Waals surface area (Å²) in [4.78, 5) is 15.0. The standard InChI is InChI=1S/C21H30N2O2/c1-4-25-20(24)17-12-15(2)19(22)21(3)14-23(11-10-18(17)21)13-16-8-6-5-7-9-16/h5-9,12,17-19H,4,10-11,13-14,22H2,1-3H3/t17?,18-,19+,21-/m0/s1. The van der Waals surface area contributed by atoms with Gasteiger partial charge in [0.25, 0.3) is 0 Å². The highest BCUT2D eigenvalue weighted by Gasteiger charge is 2.51. The van der Waals surface area contributed by atoms with E-state index in [0.29, 0.717) is 6.61 Å². The molecule has 25 heavy (non-hydrogen) atoms. The number of nitrogens with two attached hydrogens (primary N) is 1. The zero-order valence-electron chi connectivity index (χ0n) is 15.6. The predicted molar refractivity (Wildman–Crippen MR) is 99.8 cm³/mol. The van der Waals surface area contributed by atoms with E-state index in [-0.39, 0.29) is 29.3 Å². The van der Waals surface area contributed by atoms with E-state index in [2.05, 4.69) is 49.1 Å². The van der Waals surface area contributed by atoms with E-state index in [0.717, 1.165) is 31.6 Å². The Morgan fingerprint density at radius 2 is 2.08 bits per heavy atom. The molecule has 1 saturated heterocycles. The fraction of sp³-hybridized carbons (Fsp3) is 0.571. The average Bonchev–Trinajstić information content (AvgIpc) is 2.59. The van der Waals surface area contributed by atoms with Crippen molar-refractivity contribution in [3.05, 3.63) is 47.5 Å². The van der Waals surface area contributed by atoms with Crippen molar-refractivity contribution >= 4 is 5.97 Å². The molecule has 0 saturated carbocycles. The van der Waals surface area contributed by atoms with Gasteiger partial charge in [0.2, 0.25) is 0 Å². The number of carbonyl (C=O) groups excluding carboxylic acids is 1. The minimum Gasteiger partial charge on any atom is -0.466 e. The minimum absolute atomic E-state index is 0.0123. The number of benzene rings is 1. The van der Waals surface area contributed by atoms with E-state index in [1.54, 1.807) is 0 Å². The van der Waals surface area contributed by atoms with Crippen LogP contribution in [0.3, 0.4) is 0 Å². The molecule has 0 bridgehead atoms. The first-order valence-electron chi connectivity index (χ1n) is 9.32. The first-order valence-corrected chi connectivity index (χ1v) is 9.32. The van der Waals surface area contributed by atoms with Crippen molar-refractivity contribution in [2.45, 2.75) is 39.8 Å². The second kappa shape index (κ2) is 7.30. The van der Waals surface area contributed by atoms with Crippen LogP contribution >= 0.6 is 0 Å². The van der Waals surface area contributed by atoms with Gasteiger partial charge in [-0.15, -0.1) is 0 Å². The number of likely N-dealkylation sites (tertiary alicyclic amines) is 1. The van der Waals surface area contributed by atoms with Crippen LogP contribution in [-0.4, -0.2) is 36.6 Å². The molecule has 2 N–H and O–H groups in total. The molecule has 0 amide bonds. The topological polar surface area (TPSA) is 55.6 Å². The van der Waals surface area contributed by atoms with E-state index in [9.17, 15) is 4.79 Å². The minimum atomic E-state index is -0.163. The van der Waals surface area contributed by atoms with Crippen LogP contribution < -0.4 is 5.73 Å². The van der Waals surface area contributed by atoms with Crippen LogP contribution in [0.15, 0.2) is 42.0 Å². The van der Waals surface area contributed by atoms with Crippen LogP contribution in [0, 0.1) is 17.3 Å². The Kier molecular flexibility index (Phi) is 5.30.